The minimum atomic E-state index is -0.162. The molecule has 1 atom stereocenters. The zero-order valence-corrected chi connectivity index (χ0v) is 10.3. The first-order chi connectivity index (χ1) is 7.74. The van der Waals surface area contributed by atoms with Crippen LogP contribution in [0.1, 0.15) is 45.1 Å². The van der Waals surface area contributed by atoms with Gasteiger partial charge in [0.1, 0.15) is 0 Å². The highest BCUT2D eigenvalue weighted by atomic mass is 16.3. The van der Waals surface area contributed by atoms with E-state index in [2.05, 4.69) is 38.1 Å². The molecule has 0 heterocycles. The van der Waals surface area contributed by atoms with E-state index < -0.39 is 0 Å². The molecule has 2 rings (SSSR count). The second-order valence-electron chi connectivity index (χ2n) is 5.04. The fourth-order valence-electron chi connectivity index (χ4n) is 2.85. The predicted octanol–water partition coefficient (Wildman–Crippen LogP) is 3.52. The molecule has 1 fully saturated rings. The van der Waals surface area contributed by atoms with Crippen LogP contribution in [0.2, 0.25) is 0 Å². The fraction of sp³-hybridized carbons (Fsp3) is 0.600. The molecule has 0 radical (unpaired) electrons. The maximum atomic E-state index is 10.6. The van der Waals surface area contributed by atoms with Gasteiger partial charge in [0.25, 0.3) is 0 Å². The van der Waals surface area contributed by atoms with E-state index >= 15 is 0 Å². The molecule has 1 N–H and O–H groups in total. The summed E-state index contributed by atoms with van der Waals surface area (Å²) >= 11 is 0. The Morgan fingerprint density at radius 1 is 1.12 bits per heavy atom. The van der Waals surface area contributed by atoms with Gasteiger partial charge in [-0.3, -0.25) is 0 Å². The molecular formula is C15H22O. The average molecular weight is 218 g/mol. The van der Waals surface area contributed by atoms with Gasteiger partial charge < -0.3 is 5.11 Å². The minimum Gasteiger partial charge on any atom is -0.392 e. The summed E-state index contributed by atoms with van der Waals surface area (Å²) in [6, 6.07) is 10.5. The molecule has 1 unspecified atom stereocenters. The first kappa shape index (κ1) is 11.7. The Balaban J connectivity index is 2.20. The normalized spacial score (nSPS) is 19.8. The summed E-state index contributed by atoms with van der Waals surface area (Å²) in [6.07, 6.45) is 4.28. The quantitative estimate of drug-likeness (QED) is 0.801. The molecule has 1 aliphatic carbocycles. The van der Waals surface area contributed by atoms with Crippen molar-refractivity contribution < 1.29 is 5.11 Å². The van der Waals surface area contributed by atoms with E-state index in [1.165, 1.54) is 5.56 Å². The predicted molar refractivity (Wildman–Crippen MR) is 67.4 cm³/mol. The number of aliphatic hydroxyl groups is 1. The number of rotatable bonds is 5. The first-order valence-electron chi connectivity index (χ1n) is 6.48. The standard InChI is InChI=1S/C15H22O/c1-3-12(4-2)14(16)15(10-11-15)13-8-6-5-7-9-13/h5-9,12,14,16H,3-4,10-11H2,1-2H3. The van der Waals surface area contributed by atoms with E-state index in [-0.39, 0.29) is 11.5 Å². The van der Waals surface area contributed by atoms with Crippen LogP contribution in [0.5, 0.6) is 0 Å². The summed E-state index contributed by atoms with van der Waals surface area (Å²) in [7, 11) is 0. The number of hydrogen-bond acceptors (Lipinski definition) is 1. The van der Waals surface area contributed by atoms with Gasteiger partial charge in [-0.2, -0.15) is 0 Å². The minimum absolute atomic E-state index is 0.0813. The van der Waals surface area contributed by atoms with Gasteiger partial charge in [0.15, 0.2) is 0 Å². The van der Waals surface area contributed by atoms with E-state index in [1.54, 1.807) is 0 Å². The molecule has 0 amide bonds. The van der Waals surface area contributed by atoms with Crippen LogP contribution < -0.4 is 0 Å². The summed E-state index contributed by atoms with van der Waals surface area (Å²) in [5.41, 5.74) is 1.41. The maximum Gasteiger partial charge on any atom is 0.0664 e. The summed E-state index contributed by atoms with van der Waals surface area (Å²) in [6.45, 7) is 4.36. The molecule has 1 nitrogen and oxygen atoms in total. The van der Waals surface area contributed by atoms with Gasteiger partial charge in [-0.15, -0.1) is 0 Å². The topological polar surface area (TPSA) is 20.2 Å². The van der Waals surface area contributed by atoms with Crippen LogP contribution in [0.4, 0.5) is 0 Å². The number of hydrogen-bond donors (Lipinski definition) is 1. The molecule has 88 valence electrons. The van der Waals surface area contributed by atoms with Gasteiger partial charge in [-0.1, -0.05) is 57.0 Å². The van der Waals surface area contributed by atoms with Crippen molar-refractivity contribution in [3.05, 3.63) is 35.9 Å². The van der Waals surface area contributed by atoms with Crippen LogP contribution in [-0.2, 0) is 5.41 Å². The van der Waals surface area contributed by atoms with Crippen molar-refractivity contribution in [3.63, 3.8) is 0 Å². The van der Waals surface area contributed by atoms with Crippen molar-refractivity contribution in [1.29, 1.82) is 0 Å². The highest BCUT2D eigenvalue weighted by Crippen LogP contribution is 2.53. The molecule has 1 aromatic carbocycles. The molecule has 0 aliphatic heterocycles. The van der Waals surface area contributed by atoms with Gasteiger partial charge in [0, 0.05) is 5.41 Å². The van der Waals surface area contributed by atoms with Crippen LogP contribution in [0.3, 0.4) is 0 Å². The van der Waals surface area contributed by atoms with Crippen molar-refractivity contribution in [3.8, 4) is 0 Å². The zero-order chi connectivity index (χ0) is 11.6. The molecule has 0 aromatic heterocycles. The van der Waals surface area contributed by atoms with E-state index in [1.807, 2.05) is 6.07 Å². The van der Waals surface area contributed by atoms with Crippen molar-refractivity contribution >= 4 is 0 Å². The van der Waals surface area contributed by atoms with Gasteiger partial charge in [-0.25, -0.2) is 0 Å². The highest BCUT2D eigenvalue weighted by molar-refractivity contribution is 5.33. The van der Waals surface area contributed by atoms with E-state index in [9.17, 15) is 5.11 Å². The Labute approximate surface area is 98.5 Å². The third kappa shape index (κ3) is 1.89. The smallest absolute Gasteiger partial charge is 0.0664 e. The Morgan fingerprint density at radius 2 is 1.69 bits per heavy atom. The van der Waals surface area contributed by atoms with Crippen LogP contribution >= 0.6 is 0 Å². The zero-order valence-electron chi connectivity index (χ0n) is 10.3. The van der Waals surface area contributed by atoms with Gasteiger partial charge in [-0.05, 0) is 24.3 Å². The summed E-state index contributed by atoms with van der Waals surface area (Å²) in [5, 5.41) is 10.6. The second-order valence-corrected chi connectivity index (χ2v) is 5.04. The van der Waals surface area contributed by atoms with Gasteiger partial charge >= 0.3 is 0 Å². The molecule has 0 spiro atoms. The lowest BCUT2D eigenvalue weighted by molar-refractivity contribution is 0.0655. The average Bonchev–Trinajstić information content (AvgIpc) is 3.13. The summed E-state index contributed by atoms with van der Waals surface area (Å²) in [4.78, 5) is 0. The Hall–Kier alpha value is -0.820. The van der Waals surface area contributed by atoms with Crippen LogP contribution in [0.25, 0.3) is 0 Å². The lowest BCUT2D eigenvalue weighted by Gasteiger charge is -2.29. The van der Waals surface area contributed by atoms with E-state index in [0.29, 0.717) is 5.92 Å². The first-order valence-corrected chi connectivity index (χ1v) is 6.48. The molecule has 1 aromatic rings. The van der Waals surface area contributed by atoms with Crippen molar-refractivity contribution in [1.82, 2.24) is 0 Å². The Bertz CT molecular complexity index is 323. The molecule has 16 heavy (non-hydrogen) atoms. The molecule has 0 saturated heterocycles. The molecule has 1 heteroatoms. The van der Waals surface area contributed by atoms with Crippen LogP contribution in [-0.4, -0.2) is 11.2 Å². The maximum absolute atomic E-state index is 10.6. The molecule has 1 saturated carbocycles. The fourth-order valence-corrected chi connectivity index (χ4v) is 2.85. The SMILES string of the molecule is CCC(CC)C(O)C1(c2ccccc2)CC1. The number of aliphatic hydroxyl groups excluding tert-OH is 1. The lowest BCUT2D eigenvalue weighted by Crippen LogP contribution is -2.33. The largest absolute Gasteiger partial charge is 0.392 e. The van der Waals surface area contributed by atoms with E-state index in [0.717, 1.165) is 25.7 Å². The van der Waals surface area contributed by atoms with Crippen molar-refractivity contribution in [2.24, 2.45) is 5.92 Å². The Morgan fingerprint density at radius 3 is 2.12 bits per heavy atom. The second kappa shape index (κ2) is 4.58. The van der Waals surface area contributed by atoms with Gasteiger partial charge in [0.05, 0.1) is 6.10 Å². The molecule has 0 bridgehead atoms. The molecular weight excluding hydrogens is 196 g/mol. The highest BCUT2D eigenvalue weighted by Gasteiger charge is 2.51. The summed E-state index contributed by atoms with van der Waals surface area (Å²) < 4.78 is 0. The Kier molecular flexibility index (Phi) is 3.34. The third-order valence-corrected chi connectivity index (χ3v) is 4.20. The van der Waals surface area contributed by atoms with Crippen LogP contribution in [0.15, 0.2) is 30.3 Å². The summed E-state index contributed by atoms with van der Waals surface area (Å²) in [5.74, 6) is 0.447. The monoisotopic (exact) mass is 218 g/mol. The lowest BCUT2D eigenvalue weighted by atomic mass is 9.80. The number of benzene rings is 1. The van der Waals surface area contributed by atoms with Crippen molar-refractivity contribution in [2.45, 2.75) is 51.0 Å². The van der Waals surface area contributed by atoms with Crippen LogP contribution in [0, 0.1) is 5.92 Å². The third-order valence-electron chi connectivity index (χ3n) is 4.20. The van der Waals surface area contributed by atoms with Gasteiger partial charge in [0.2, 0.25) is 0 Å². The molecule has 1 aliphatic rings. The van der Waals surface area contributed by atoms with E-state index in [4.69, 9.17) is 0 Å². The van der Waals surface area contributed by atoms with Crippen molar-refractivity contribution in [2.75, 3.05) is 0 Å².